The van der Waals surface area contributed by atoms with Gasteiger partial charge in [-0.25, -0.2) is 4.79 Å². The molecule has 0 amide bonds. The summed E-state index contributed by atoms with van der Waals surface area (Å²) in [4.78, 5) is 11.0. The van der Waals surface area contributed by atoms with Gasteiger partial charge >= 0.3 is 5.97 Å². The predicted octanol–water partition coefficient (Wildman–Crippen LogP) is 0.827. The van der Waals surface area contributed by atoms with Gasteiger partial charge in [-0.2, -0.15) is 10.2 Å². The highest BCUT2D eigenvalue weighted by Gasteiger charge is 2.19. The topological polar surface area (TPSA) is 72.9 Å². The van der Waals surface area contributed by atoms with Gasteiger partial charge in [-0.05, 0) is 6.92 Å². The van der Waals surface area contributed by atoms with E-state index in [1.807, 2.05) is 14.0 Å². The molecular formula is C10H12N4O2. The summed E-state index contributed by atoms with van der Waals surface area (Å²) in [7, 11) is 3.53. The fourth-order valence-electron chi connectivity index (χ4n) is 1.64. The molecule has 2 aromatic heterocycles. The van der Waals surface area contributed by atoms with Crippen LogP contribution in [0.25, 0.3) is 11.3 Å². The Morgan fingerprint density at radius 2 is 1.88 bits per heavy atom. The van der Waals surface area contributed by atoms with Crippen molar-refractivity contribution in [2.24, 2.45) is 14.1 Å². The van der Waals surface area contributed by atoms with E-state index in [9.17, 15) is 4.79 Å². The van der Waals surface area contributed by atoms with Gasteiger partial charge in [-0.3, -0.25) is 9.36 Å². The van der Waals surface area contributed by atoms with Crippen molar-refractivity contribution >= 4 is 5.97 Å². The van der Waals surface area contributed by atoms with Crippen molar-refractivity contribution in [3.05, 3.63) is 23.7 Å². The number of carbonyl (C=O) groups is 1. The molecule has 0 aromatic carbocycles. The number of hydrogen-bond donors (Lipinski definition) is 1. The lowest BCUT2D eigenvalue weighted by molar-refractivity contribution is 0.0697. The van der Waals surface area contributed by atoms with Gasteiger partial charge in [-0.1, -0.05) is 0 Å². The maximum atomic E-state index is 11.0. The molecule has 0 radical (unpaired) electrons. The first-order valence-electron chi connectivity index (χ1n) is 4.76. The number of aromatic carboxylic acids is 1. The average molecular weight is 220 g/mol. The summed E-state index contributed by atoms with van der Waals surface area (Å²) in [5, 5.41) is 17.1. The molecule has 1 N–H and O–H groups in total. The molecule has 0 atom stereocenters. The van der Waals surface area contributed by atoms with Gasteiger partial charge < -0.3 is 5.11 Å². The Labute approximate surface area is 92.1 Å². The van der Waals surface area contributed by atoms with E-state index in [0.717, 1.165) is 11.3 Å². The number of carboxylic acid groups (broad SMARTS) is 1. The summed E-state index contributed by atoms with van der Waals surface area (Å²) in [5.41, 5.74) is 2.47. The molecule has 2 aromatic rings. The molecule has 0 saturated heterocycles. The Bertz CT molecular complexity index is 553. The molecule has 0 unspecified atom stereocenters. The minimum absolute atomic E-state index is 0.193. The van der Waals surface area contributed by atoms with Gasteiger partial charge in [-0.15, -0.1) is 0 Å². The smallest absolute Gasteiger partial charge is 0.339 e. The molecule has 0 aliphatic rings. The second-order valence-corrected chi connectivity index (χ2v) is 3.60. The molecule has 84 valence electrons. The predicted molar refractivity (Wildman–Crippen MR) is 57.1 cm³/mol. The minimum atomic E-state index is -0.980. The zero-order valence-electron chi connectivity index (χ0n) is 9.30. The Balaban J connectivity index is 2.68. The van der Waals surface area contributed by atoms with E-state index >= 15 is 0 Å². The Morgan fingerprint density at radius 3 is 2.38 bits per heavy atom. The van der Waals surface area contributed by atoms with Crippen LogP contribution in [0.1, 0.15) is 16.1 Å². The highest BCUT2D eigenvalue weighted by molar-refractivity contribution is 5.94. The van der Waals surface area contributed by atoms with E-state index in [1.165, 1.54) is 6.20 Å². The highest BCUT2D eigenvalue weighted by Crippen LogP contribution is 2.25. The highest BCUT2D eigenvalue weighted by atomic mass is 16.4. The Hall–Kier alpha value is -2.11. The third-order valence-corrected chi connectivity index (χ3v) is 2.66. The molecule has 0 aliphatic heterocycles. The average Bonchev–Trinajstić information content (AvgIpc) is 2.73. The first kappa shape index (κ1) is 10.4. The van der Waals surface area contributed by atoms with Crippen LogP contribution >= 0.6 is 0 Å². The SMILES string of the molecule is Cc1c(-c2c(C(=O)O)cnn2C)cnn1C. The van der Waals surface area contributed by atoms with Crippen LogP contribution in [0.3, 0.4) is 0 Å². The zero-order chi connectivity index (χ0) is 11.9. The standard InChI is InChI=1S/C10H12N4O2/c1-6-7(4-11-13(6)2)9-8(10(15)16)5-12-14(9)3/h4-5H,1-3H3,(H,15,16). The molecule has 0 bridgehead atoms. The summed E-state index contributed by atoms with van der Waals surface area (Å²) in [6, 6.07) is 0. The lowest BCUT2D eigenvalue weighted by Gasteiger charge is -2.03. The first-order chi connectivity index (χ1) is 7.52. The second kappa shape index (κ2) is 3.48. The lowest BCUT2D eigenvalue weighted by atomic mass is 10.1. The van der Waals surface area contributed by atoms with E-state index < -0.39 is 5.97 Å². The van der Waals surface area contributed by atoms with Crippen LogP contribution < -0.4 is 0 Å². The van der Waals surface area contributed by atoms with Crippen LogP contribution in [0.15, 0.2) is 12.4 Å². The van der Waals surface area contributed by atoms with Gasteiger partial charge in [0.05, 0.1) is 18.1 Å². The largest absolute Gasteiger partial charge is 0.478 e. The first-order valence-corrected chi connectivity index (χ1v) is 4.76. The van der Waals surface area contributed by atoms with E-state index in [-0.39, 0.29) is 5.56 Å². The fraction of sp³-hybridized carbons (Fsp3) is 0.300. The quantitative estimate of drug-likeness (QED) is 0.813. The van der Waals surface area contributed by atoms with Crippen molar-refractivity contribution in [1.82, 2.24) is 19.6 Å². The molecule has 0 fully saturated rings. The maximum absolute atomic E-state index is 11.0. The van der Waals surface area contributed by atoms with Crippen molar-refractivity contribution in [2.75, 3.05) is 0 Å². The Morgan fingerprint density at radius 1 is 1.25 bits per heavy atom. The van der Waals surface area contributed by atoms with Gasteiger partial charge in [0.15, 0.2) is 0 Å². The summed E-state index contributed by atoms with van der Waals surface area (Å²) in [6.07, 6.45) is 3.00. The van der Waals surface area contributed by atoms with Crippen LogP contribution in [-0.4, -0.2) is 30.6 Å². The lowest BCUT2D eigenvalue weighted by Crippen LogP contribution is -2.01. The number of aryl methyl sites for hydroxylation is 2. The number of rotatable bonds is 2. The summed E-state index contributed by atoms with van der Waals surface area (Å²) < 4.78 is 3.25. The zero-order valence-corrected chi connectivity index (χ0v) is 9.30. The van der Waals surface area contributed by atoms with Gasteiger partial charge in [0.1, 0.15) is 5.56 Å². The third kappa shape index (κ3) is 1.39. The van der Waals surface area contributed by atoms with E-state index in [2.05, 4.69) is 10.2 Å². The fourth-order valence-corrected chi connectivity index (χ4v) is 1.64. The van der Waals surface area contributed by atoms with Gasteiger partial charge in [0.25, 0.3) is 0 Å². The normalized spacial score (nSPS) is 10.7. The summed E-state index contributed by atoms with van der Waals surface area (Å²) in [5.74, 6) is -0.980. The number of hydrogen-bond acceptors (Lipinski definition) is 3. The van der Waals surface area contributed by atoms with Crippen molar-refractivity contribution in [1.29, 1.82) is 0 Å². The molecule has 0 aliphatic carbocycles. The molecule has 0 spiro atoms. The van der Waals surface area contributed by atoms with Crippen molar-refractivity contribution in [2.45, 2.75) is 6.92 Å². The molecule has 2 heterocycles. The van der Waals surface area contributed by atoms with Crippen LogP contribution in [0.5, 0.6) is 0 Å². The van der Waals surface area contributed by atoms with E-state index in [4.69, 9.17) is 5.11 Å². The maximum Gasteiger partial charge on any atom is 0.339 e. The molecule has 6 nitrogen and oxygen atoms in total. The van der Waals surface area contributed by atoms with Crippen LogP contribution in [-0.2, 0) is 14.1 Å². The molecule has 6 heteroatoms. The summed E-state index contributed by atoms with van der Waals surface area (Å²) >= 11 is 0. The monoisotopic (exact) mass is 220 g/mol. The Kier molecular flexibility index (Phi) is 2.26. The van der Waals surface area contributed by atoms with Crippen LogP contribution in [0.4, 0.5) is 0 Å². The van der Waals surface area contributed by atoms with Crippen LogP contribution in [0, 0.1) is 6.92 Å². The number of carboxylic acids is 1. The van der Waals surface area contributed by atoms with Crippen molar-refractivity contribution in [3.8, 4) is 11.3 Å². The third-order valence-electron chi connectivity index (χ3n) is 2.66. The molecular weight excluding hydrogens is 208 g/mol. The van der Waals surface area contributed by atoms with Gasteiger partial charge in [0, 0.05) is 25.4 Å². The van der Waals surface area contributed by atoms with E-state index in [1.54, 1.807) is 22.6 Å². The van der Waals surface area contributed by atoms with Crippen LogP contribution in [0.2, 0.25) is 0 Å². The minimum Gasteiger partial charge on any atom is -0.478 e. The van der Waals surface area contributed by atoms with Crippen molar-refractivity contribution < 1.29 is 9.90 Å². The molecule has 16 heavy (non-hydrogen) atoms. The van der Waals surface area contributed by atoms with Crippen molar-refractivity contribution in [3.63, 3.8) is 0 Å². The second-order valence-electron chi connectivity index (χ2n) is 3.60. The molecule has 0 saturated carbocycles. The number of nitrogens with zero attached hydrogens (tertiary/aromatic N) is 4. The van der Waals surface area contributed by atoms with E-state index in [0.29, 0.717) is 5.69 Å². The molecule has 2 rings (SSSR count). The number of aromatic nitrogens is 4. The van der Waals surface area contributed by atoms with Gasteiger partial charge in [0.2, 0.25) is 0 Å². The summed E-state index contributed by atoms with van der Waals surface area (Å²) in [6.45, 7) is 1.89.